The first kappa shape index (κ1) is 14.5. The lowest BCUT2D eigenvalue weighted by atomic mass is 10.0. The van der Waals surface area contributed by atoms with E-state index in [0.29, 0.717) is 5.39 Å². The van der Waals surface area contributed by atoms with Crippen LogP contribution in [0.1, 0.15) is 11.1 Å². The number of hydrogen-bond donors (Lipinski definition) is 1. The molecule has 0 amide bonds. The number of aromatic nitrogens is 2. The fraction of sp³-hybridized carbons (Fsp3) is 0.222. The van der Waals surface area contributed by atoms with Crippen molar-refractivity contribution in [3.63, 3.8) is 0 Å². The van der Waals surface area contributed by atoms with Crippen molar-refractivity contribution in [3.8, 4) is 11.3 Å². The largest absolute Gasteiger partial charge is 0.394 e. The van der Waals surface area contributed by atoms with E-state index in [1.165, 1.54) is 15.8 Å². The summed E-state index contributed by atoms with van der Waals surface area (Å²) < 4.78 is 1.34. The topological polar surface area (TPSA) is 55.1 Å². The van der Waals surface area contributed by atoms with Crippen LogP contribution in [0, 0.1) is 13.8 Å². The highest BCUT2D eigenvalue weighted by molar-refractivity contribution is 5.93. The molecule has 0 atom stereocenters. The first-order valence-corrected chi connectivity index (χ1v) is 7.30. The van der Waals surface area contributed by atoms with Crippen LogP contribution in [-0.2, 0) is 6.54 Å². The third-order valence-electron chi connectivity index (χ3n) is 3.96. The average molecular weight is 294 g/mol. The highest BCUT2D eigenvalue weighted by Crippen LogP contribution is 2.26. The molecule has 0 radical (unpaired) electrons. The normalized spacial score (nSPS) is 11.0. The Morgan fingerprint density at radius 2 is 1.77 bits per heavy atom. The number of benzene rings is 2. The molecule has 0 bridgehead atoms. The molecule has 0 unspecified atom stereocenters. The summed E-state index contributed by atoms with van der Waals surface area (Å²) in [6.45, 7) is 4.21. The SMILES string of the molecule is Cc1ccc(-c2nn(CCO)c(=O)c3ccccc23)cc1C. The third kappa shape index (κ3) is 2.42. The lowest BCUT2D eigenvalue weighted by Gasteiger charge is -2.11. The molecule has 4 heteroatoms. The van der Waals surface area contributed by atoms with Crippen molar-refractivity contribution < 1.29 is 5.11 Å². The molecule has 0 aliphatic heterocycles. The molecule has 112 valence electrons. The van der Waals surface area contributed by atoms with Gasteiger partial charge in [-0.05, 0) is 37.1 Å². The maximum absolute atomic E-state index is 12.4. The van der Waals surface area contributed by atoms with Crippen LogP contribution in [0.25, 0.3) is 22.0 Å². The Kier molecular flexibility index (Phi) is 3.77. The van der Waals surface area contributed by atoms with E-state index >= 15 is 0 Å². The van der Waals surface area contributed by atoms with Crippen molar-refractivity contribution in [1.29, 1.82) is 0 Å². The van der Waals surface area contributed by atoms with Crippen LogP contribution < -0.4 is 5.56 Å². The van der Waals surface area contributed by atoms with E-state index in [9.17, 15) is 4.79 Å². The van der Waals surface area contributed by atoms with Gasteiger partial charge >= 0.3 is 0 Å². The van der Waals surface area contributed by atoms with Gasteiger partial charge in [0.05, 0.1) is 24.2 Å². The third-order valence-corrected chi connectivity index (χ3v) is 3.96. The van der Waals surface area contributed by atoms with E-state index < -0.39 is 0 Å². The van der Waals surface area contributed by atoms with Crippen molar-refractivity contribution in [2.45, 2.75) is 20.4 Å². The highest BCUT2D eigenvalue weighted by Gasteiger charge is 2.12. The molecule has 22 heavy (non-hydrogen) atoms. The molecule has 0 aliphatic rings. The molecule has 0 fully saturated rings. The van der Waals surface area contributed by atoms with Gasteiger partial charge in [0.15, 0.2) is 0 Å². The van der Waals surface area contributed by atoms with Gasteiger partial charge in [-0.2, -0.15) is 5.10 Å². The monoisotopic (exact) mass is 294 g/mol. The van der Waals surface area contributed by atoms with E-state index in [0.717, 1.165) is 16.6 Å². The number of rotatable bonds is 3. The summed E-state index contributed by atoms with van der Waals surface area (Å²) in [7, 11) is 0. The van der Waals surface area contributed by atoms with Gasteiger partial charge in [-0.3, -0.25) is 4.79 Å². The van der Waals surface area contributed by atoms with Crippen molar-refractivity contribution >= 4 is 10.8 Å². The second-order valence-electron chi connectivity index (χ2n) is 5.45. The average Bonchev–Trinajstić information content (AvgIpc) is 2.53. The van der Waals surface area contributed by atoms with E-state index in [1.54, 1.807) is 6.07 Å². The van der Waals surface area contributed by atoms with Crippen LogP contribution in [-0.4, -0.2) is 21.5 Å². The molecule has 1 N–H and O–H groups in total. The summed E-state index contributed by atoms with van der Waals surface area (Å²) in [4.78, 5) is 12.4. The van der Waals surface area contributed by atoms with Gasteiger partial charge in [-0.1, -0.05) is 30.3 Å². The highest BCUT2D eigenvalue weighted by atomic mass is 16.3. The lowest BCUT2D eigenvalue weighted by Crippen LogP contribution is -2.25. The fourth-order valence-electron chi connectivity index (χ4n) is 2.58. The molecule has 0 spiro atoms. The Balaban J connectivity index is 2.34. The minimum Gasteiger partial charge on any atom is -0.394 e. The van der Waals surface area contributed by atoms with Gasteiger partial charge < -0.3 is 5.11 Å². The van der Waals surface area contributed by atoms with Gasteiger partial charge in [0.1, 0.15) is 0 Å². The zero-order valence-corrected chi connectivity index (χ0v) is 12.7. The second-order valence-corrected chi connectivity index (χ2v) is 5.45. The molecule has 2 aromatic carbocycles. The lowest BCUT2D eigenvalue weighted by molar-refractivity contribution is 0.267. The number of aliphatic hydroxyl groups is 1. The summed E-state index contributed by atoms with van der Waals surface area (Å²) in [5.41, 5.74) is 3.98. The van der Waals surface area contributed by atoms with E-state index in [4.69, 9.17) is 5.11 Å². The first-order chi connectivity index (χ1) is 10.6. The van der Waals surface area contributed by atoms with E-state index in [-0.39, 0.29) is 18.7 Å². The summed E-state index contributed by atoms with van der Waals surface area (Å²) in [5, 5.41) is 15.1. The first-order valence-electron chi connectivity index (χ1n) is 7.30. The predicted molar refractivity (Wildman–Crippen MR) is 88.0 cm³/mol. The summed E-state index contributed by atoms with van der Waals surface area (Å²) in [6, 6.07) is 13.6. The molecular weight excluding hydrogens is 276 g/mol. The van der Waals surface area contributed by atoms with Crippen molar-refractivity contribution in [3.05, 3.63) is 63.9 Å². The zero-order valence-electron chi connectivity index (χ0n) is 12.7. The minimum atomic E-state index is -0.169. The van der Waals surface area contributed by atoms with Gasteiger partial charge in [0, 0.05) is 10.9 Å². The van der Waals surface area contributed by atoms with E-state index in [1.807, 2.05) is 24.3 Å². The molecule has 1 heterocycles. The molecule has 1 aromatic heterocycles. The van der Waals surface area contributed by atoms with E-state index in [2.05, 4.69) is 31.1 Å². The number of aliphatic hydroxyl groups excluding tert-OH is 1. The van der Waals surface area contributed by atoms with Gasteiger partial charge in [-0.15, -0.1) is 0 Å². The molecule has 4 nitrogen and oxygen atoms in total. The summed E-state index contributed by atoms with van der Waals surface area (Å²) in [6.07, 6.45) is 0. The second kappa shape index (κ2) is 5.73. The smallest absolute Gasteiger partial charge is 0.274 e. The van der Waals surface area contributed by atoms with Crippen LogP contribution >= 0.6 is 0 Å². The number of aryl methyl sites for hydroxylation is 2. The fourth-order valence-corrected chi connectivity index (χ4v) is 2.58. The quantitative estimate of drug-likeness (QED) is 0.808. The molecule has 0 saturated carbocycles. The molecular formula is C18H18N2O2. The Morgan fingerprint density at radius 1 is 1.05 bits per heavy atom. The molecule has 3 aromatic rings. The maximum Gasteiger partial charge on any atom is 0.274 e. The van der Waals surface area contributed by atoms with Crippen LogP contribution in [0.4, 0.5) is 0 Å². The van der Waals surface area contributed by atoms with Crippen molar-refractivity contribution in [1.82, 2.24) is 9.78 Å². The Labute approximate surface area is 128 Å². The van der Waals surface area contributed by atoms with Crippen LogP contribution in [0.5, 0.6) is 0 Å². The van der Waals surface area contributed by atoms with Crippen molar-refractivity contribution in [2.75, 3.05) is 6.61 Å². The van der Waals surface area contributed by atoms with Gasteiger partial charge in [0.25, 0.3) is 5.56 Å². The molecule has 0 aliphatic carbocycles. The Morgan fingerprint density at radius 3 is 2.45 bits per heavy atom. The van der Waals surface area contributed by atoms with Crippen molar-refractivity contribution in [2.24, 2.45) is 0 Å². The Hall–Kier alpha value is -2.46. The summed E-state index contributed by atoms with van der Waals surface area (Å²) in [5.74, 6) is 0. The standard InChI is InChI=1S/C18H18N2O2/c1-12-7-8-14(11-13(12)2)17-15-5-3-4-6-16(15)18(22)20(19-17)9-10-21/h3-8,11,21H,9-10H2,1-2H3. The zero-order chi connectivity index (χ0) is 15.7. The molecule has 3 rings (SSSR count). The molecule has 0 saturated heterocycles. The van der Waals surface area contributed by atoms with Crippen LogP contribution in [0.3, 0.4) is 0 Å². The van der Waals surface area contributed by atoms with Crippen LogP contribution in [0.15, 0.2) is 47.3 Å². The minimum absolute atomic E-state index is 0.113. The predicted octanol–water partition coefficient (Wildman–Crippen LogP) is 2.67. The number of fused-ring (bicyclic) bond motifs is 1. The number of hydrogen-bond acceptors (Lipinski definition) is 3. The Bertz CT molecular complexity index is 897. The number of nitrogens with zero attached hydrogens (tertiary/aromatic N) is 2. The van der Waals surface area contributed by atoms with Gasteiger partial charge in [0.2, 0.25) is 0 Å². The van der Waals surface area contributed by atoms with Crippen LogP contribution in [0.2, 0.25) is 0 Å². The van der Waals surface area contributed by atoms with Gasteiger partial charge in [-0.25, -0.2) is 4.68 Å². The maximum atomic E-state index is 12.4. The summed E-state index contributed by atoms with van der Waals surface area (Å²) >= 11 is 0.